The van der Waals surface area contributed by atoms with Crippen molar-refractivity contribution in [3.8, 4) is 0 Å². The van der Waals surface area contributed by atoms with E-state index in [1.54, 1.807) is 4.90 Å². The third-order valence-electron chi connectivity index (χ3n) is 4.70. The fourth-order valence-electron chi connectivity index (χ4n) is 3.42. The number of esters is 1. The quantitative estimate of drug-likeness (QED) is 0.408. The van der Waals surface area contributed by atoms with Gasteiger partial charge in [-0.15, -0.1) is 11.3 Å². The van der Waals surface area contributed by atoms with Gasteiger partial charge in [-0.1, -0.05) is 0 Å². The van der Waals surface area contributed by atoms with Gasteiger partial charge in [0.2, 0.25) is 0 Å². The summed E-state index contributed by atoms with van der Waals surface area (Å²) in [6, 6.07) is 1.18. The van der Waals surface area contributed by atoms with Crippen LogP contribution in [-0.2, 0) is 9.53 Å². The summed E-state index contributed by atoms with van der Waals surface area (Å²) in [7, 11) is 0. The highest BCUT2D eigenvalue weighted by atomic mass is 32.1. The van der Waals surface area contributed by atoms with Gasteiger partial charge < -0.3 is 4.74 Å². The molecule has 1 aromatic heterocycles. The van der Waals surface area contributed by atoms with Crippen LogP contribution in [0, 0.1) is 0 Å². The lowest BCUT2D eigenvalue weighted by Crippen LogP contribution is -2.60. The first-order chi connectivity index (χ1) is 13.4. The third kappa shape index (κ3) is 4.39. The molecule has 1 amide bonds. The van der Waals surface area contributed by atoms with Crippen LogP contribution >= 0.6 is 11.3 Å². The van der Waals surface area contributed by atoms with Crippen molar-refractivity contribution in [1.82, 2.24) is 9.80 Å². The number of ether oxygens (including phenoxy) is 1. The second kappa shape index (κ2) is 7.59. The molecule has 2 atom stereocenters. The number of nitrogens with zero attached hydrogens (tertiary/aromatic N) is 2. The molecule has 1 aromatic rings. The van der Waals surface area contributed by atoms with E-state index in [9.17, 15) is 40.7 Å². The largest absolute Gasteiger partial charge is 0.491 e. The van der Waals surface area contributed by atoms with Gasteiger partial charge in [0.15, 0.2) is 6.23 Å². The topological polar surface area (TPSA) is 66.9 Å². The maximum absolute atomic E-state index is 12.8. The predicted octanol–water partition coefficient (Wildman–Crippen LogP) is 2.84. The number of halogens is 6. The third-order valence-corrected chi connectivity index (χ3v) is 5.77. The summed E-state index contributed by atoms with van der Waals surface area (Å²) in [5, 5.41) is 0. The van der Waals surface area contributed by atoms with Crippen molar-refractivity contribution in [2.75, 3.05) is 19.6 Å². The molecule has 2 aliphatic heterocycles. The Balaban J connectivity index is 1.85. The first-order valence-corrected chi connectivity index (χ1v) is 9.25. The summed E-state index contributed by atoms with van der Waals surface area (Å²) in [6.45, 7) is 0.803. The van der Waals surface area contributed by atoms with Crippen LogP contribution in [0.1, 0.15) is 32.2 Å². The number of hydrogen-bond donors (Lipinski definition) is 0. The molecule has 3 heterocycles. The van der Waals surface area contributed by atoms with Gasteiger partial charge in [-0.2, -0.15) is 26.3 Å². The molecular formula is C16H14F6N2O4S. The maximum atomic E-state index is 12.8. The summed E-state index contributed by atoms with van der Waals surface area (Å²) in [6.07, 6.45) is -10.9. The van der Waals surface area contributed by atoms with E-state index in [-0.39, 0.29) is 22.8 Å². The van der Waals surface area contributed by atoms with Gasteiger partial charge in [0, 0.05) is 13.1 Å². The number of fused-ring (bicyclic) bond motifs is 1. The van der Waals surface area contributed by atoms with Gasteiger partial charge in [-0.3, -0.25) is 19.4 Å². The lowest BCUT2D eigenvalue weighted by molar-refractivity contribution is -0.217. The molecule has 2 fully saturated rings. The van der Waals surface area contributed by atoms with Crippen LogP contribution in [-0.4, -0.2) is 71.7 Å². The standard InChI is InChI=1S/C16H14F6N2O4S/c17-15(18,19)11(25)9-3-4-10(29-9)12(26)24-7-6-23-5-1-2-8(23)13(24)28-14(27)16(20,21)22/h3-4,8,13H,1-2,5-7H2. The van der Waals surface area contributed by atoms with Crippen molar-refractivity contribution < 1.29 is 45.5 Å². The lowest BCUT2D eigenvalue weighted by Gasteiger charge is -2.43. The van der Waals surface area contributed by atoms with Crippen molar-refractivity contribution in [2.24, 2.45) is 0 Å². The normalized spacial score (nSPS) is 23.0. The Morgan fingerprint density at radius 3 is 2.24 bits per heavy atom. The maximum Gasteiger partial charge on any atom is 0.491 e. The van der Waals surface area contributed by atoms with Gasteiger partial charge in [-0.05, 0) is 31.5 Å². The van der Waals surface area contributed by atoms with E-state index >= 15 is 0 Å². The van der Waals surface area contributed by atoms with E-state index in [4.69, 9.17) is 0 Å². The fraction of sp³-hybridized carbons (Fsp3) is 0.562. The molecule has 0 bridgehead atoms. The first kappa shape index (κ1) is 21.6. The first-order valence-electron chi connectivity index (χ1n) is 8.44. The van der Waals surface area contributed by atoms with E-state index in [2.05, 4.69) is 4.74 Å². The Hall–Kier alpha value is -2.15. The van der Waals surface area contributed by atoms with Crippen LogP contribution in [0.15, 0.2) is 12.1 Å². The Kier molecular flexibility index (Phi) is 5.64. The molecule has 0 aliphatic carbocycles. The molecule has 2 unspecified atom stereocenters. The number of carbonyl (C=O) groups excluding carboxylic acids is 3. The van der Waals surface area contributed by atoms with E-state index < -0.39 is 47.2 Å². The van der Waals surface area contributed by atoms with E-state index in [1.165, 1.54) is 0 Å². The second-order valence-electron chi connectivity index (χ2n) is 6.53. The molecular weight excluding hydrogens is 430 g/mol. The number of piperazine rings is 1. The van der Waals surface area contributed by atoms with Crippen molar-refractivity contribution >= 4 is 29.0 Å². The van der Waals surface area contributed by atoms with Gasteiger partial charge in [-0.25, -0.2) is 4.79 Å². The molecule has 3 rings (SSSR count). The molecule has 160 valence electrons. The van der Waals surface area contributed by atoms with Crippen LogP contribution < -0.4 is 0 Å². The highest BCUT2D eigenvalue weighted by Gasteiger charge is 2.49. The molecule has 29 heavy (non-hydrogen) atoms. The Morgan fingerprint density at radius 2 is 1.62 bits per heavy atom. The number of amides is 1. The fourth-order valence-corrected chi connectivity index (χ4v) is 4.34. The van der Waals surface area contributed by atoms with Gasteiger partial charge >= 0.3 is 18.3 Å². The highest BCUT2D eigenvalue weighted by molar-refractivity contribution is 7.16. The summed E-state index contributed by atoms with van der Waals surface area (Å²) < 4.78 is 80.3. The molecule has 0 radical (unpaired) electrons. The highest BCUT2D eigenvalue weighted by Crippen LogP contribution is 2.32. The number of alkyl halides is 6. The van der Waals surface area contributed by atoms with Crippen LogP contribution in [0.3, 0.4) is 0 Å². The van der Waals surface area contributed by atoms with Crippen molar-refractivity contribution in [3.05, 3.63) is 21.9 Å². The lowest BCUT2D eigenvalue weighted by atomic mass is 10.1. The second-order valence-corrected chi connectivity index (χ2v) is 7.61. The van der Waals surface area contributed by atoms with Crippen molar-refractivity contribution in [2.45, 2.75) is 37.5 Å². The average molecular weight is 444 g/mol. The van der Waals surface area contributed by atoms with Crippen LogP contribution in [0.4, 0.5) is 26.3 Å². The smallest absolute Gasteiger partial charge is 0.433 e. The molecule has 2 saturated heterocycles. The number of rotatable bonds is 3. The number of Topliss-reactive ketones (excluding diaryl/α,β-unsaturated/α-hetero) is 1. The molecule has 0 aromatic carbocycles. The minimum atomic E-state index is -5.26. The Morgan fingerprint density at radius 1 is 0.966 bits per heavy atom. The average Bonchev–Trinajstić information content (AvgIpc) is 3.28. The zero-order valence-corrected chi connectivity index (χ0v) is 15.4. The number of carbonyl (C=O) groups is 3. The van der Waals surface area contributed by atoms with E-state index in [0.29, 0.717) is 25.9 Å². The van der Waals surface area contributed by atoms with Gasteiger partial charge in [0.1, 0.15) is 0 Å². The van der Waals surface area contributed by atoms with Crippen LogP contribution in [0.5, 0.6) is 0 Å². The molecule has 2 aliphatic rings. The summed E-state index contributed by atoms with van der Waals surface area (Å²) in [4.78, 5) is 37.2. The zero-order chi connectivity index (χ0) is 21.6. The number of hydrogen-bond acceptors (Lipinski definition) is 6. The Labute approximate surface area is 164 Å². The minimum absolute atomic E-state index is 0.0778. The van der Waals surface area contributed by atoms with Crippen molar-refractivity contribution in [1.29, 1.82) is 0 Å². The summed E-state index contributed by atoms with van der Waals surface area (Å²) in [5.41, 5.74) is 0. The molecule has 0 saturated carbocycles. The molecule has 0 N–H and O–H groups in total. The van der Waals surface area contributed by atoms with Crippen molar-refractivity contribution in [3.63, 3.8) is 0 Å². The molecule has 6 nitrogen and oxygen atoms in total. The SMILES string of the molecule is O=C(c1ccc(C(=O)C(F)(F)F)s1)N1CCN2CCCC2C1OC(=O)C(F)(F)F. The van der Waals surface area contributed by atoms with Crippen LogP contribution in [0.2, 0.25) is 0 Å². The number of ketones is 1. The zero-order valence-electron chi connectivity index (χ0n) is 14.5. The Bertz CT molecular complexity index is 821. The van der Waals surface area contributed by atoms with E-state index in [0.717, 1.165) is 17.0 Å². The predicted molar refractivity (Wildman–Crippen MR) is 86.3 cm³/mol. The van der Waals surface area contributed by atoms with Crippen LogP contribution in [0.25, 0.3) is 0 Å². The van der Waals surface area contributed by atoms with E-state index in [1.807, 2.05) is 0 Å². The monoisotopic (exact) mass is 444 g/mol. The molecule has 13 heteroatoms. The van der Waals surface area contributed by atoms with Gasteiger partial charge in [0.25, 0.3) is 11.7 Å². The minimum Gasteiger partial charge on any atom is -0.433 e. The number of thiophene rings is 1. The molecule has 0 spiro atoms. The summed E-state index contributed by atoms with van der Waals surface area (Å²) >= 11 is 0.284. The van der Waals surface area contributed by atoms with Gasteiger partial charge in [0.05, 0.1) is 15.8 Å². The summed E-state index contributed by atoms with van der Waals surface area (Å²) in [5.74, 6) is -5.47.